The lowest BCUT2D eigenvalue weighted by atomic mass is 9.92. The molecule has 2 aliphatic rings. The van der Waals surface area contributed by atoms with Crippen LogP contribution in [0.2, 0.25) is 0 Å². The molecule has 1 aliphatic carbocycles. The van der Waals surface area contributed by atoms with Crippen LogP contribution in [0, 0.1) is 0 Å². The summed E-state index contributed by atoms with van der Waals surface area (Å²) in [6, 6.07) is 0. The van der Waals surface area contributed by atoms with E-state index in [0.717, 1.165) is 6.42 Å². The van der Waals surface area contributed by atoms with Crippen molar-refractivity contribution in [3.63, 3.8) is 0 Å². The summed E-state index contributed by atoms with van der Waals surface area (Å²) in [5, 5.41) is 9.81. The van der Waals surface area contributed by atoms with E-state index in [2.05, 4.69) is 11.9 Å². The number of nitrogens with zero attached hydrogens (tertiary/aromatic N) is 1. The summed E-state index contributed by atoms with van der Waals surface area (Å²) in [5.41, 5.74) is 0.194. The van der Waals surface area contributed by atoms with E-state index < -0.39 is 0 Å². The molecule has 2 atom stereocenters. The standard InChI is InChI=1S/C9H17NO/c1-10-7-3-6-9(10)5-2-4-8(9)11/h8,11H,2-7H2,1H3. The number of hydrogen-bond acceptors (Lipinski definition) is 2. The lowest BCUT2D eigenvalue weighted by Crippen LogP contribution is -2.47. The molecule has 1 saturated carbocycles. The van der Waals surface area contributed by atoms with Crippen molar-refractivity contribution in [2.75, 3.05) is 13.6 Å². The van der Waals surface area contributed by atoms with Crippen molar-refractivity contribution < 1.29 is 5.11 Å². The third kappa shape index (κ3) is 0.926. The van der Waals surface area contributed by atoms with Crippen LogP contribution in [-0.4, -0.2) is 35.2 Å². The first kappa shape index (κ1) is 7.56. The first-order chi connectivity index (χ1) is 5.26. The number of likely N-dealkylation sites (N-methyl/N-ethyl adjacent to an activating group) is 1. The highest BCUT2D eigenvalue weighted by Gasteiger charge is 2.47. The Balaban J connectivity index is 2.19. The lowest BCUT2D eigenvalue weighted by molar-refractivity contribution is 0.0299. The quantitative estimate of drug-likeness (QED) is 0.564. The van der Waals surface area contributed by atoms with E-state index in [4.69, 9.17) is 0 Å². The van der Waals surface area contributed by atoms with Crippen LogP contribution in [0.15, 0.2) is 0 Å². The highest BCUT2D eigenvalue weighted by Crippen LogP contribution is 2.42. The third-order valence-electron chi connectivity index (χ3n) is 3.57. The maximum absolute atomic E-state index is 9.81. The molecule has 0 radical (unpaired) electrons. The van der Waals surface area contributed by atoms with Gasteiger partial charge in [-0.25, -0.2) is 0 Å². The molecule has 2 unspecified atom stereocenters. The molecule has 0 aromatic carbocycles. The normalized spacial score (nSPS) is 45.8. The van der Waals surface area contributed by atoms with Gasteiger partial charge in [-0.3, -0.25) is 4.90 Å². The Morgan fingerprint density at radius 2 is 2.09 bits per heavy atom. The topological polar surface area (TPSA) is 23.5 Å². The van der Waals surface area contributed by atoms with Crippen LogP contribution in [0.5, 0.6) is 0 Å². The van der Waals surface area contributed by atoms with Crippen molar-refractivity contribution in [1.82, 2.24) is 4.90 Å². The molecule has 1 saturated heterocycles. The number of hydrogen-bond donors (Lipinski definition) is 1. The highest BCUT2D eigenvalue weighted by molar-refractivity contribution is 5.03. The Kier molecular flexibility index (Phi) is 1.69. The molecule has 11 heavy (non-hydrogen) atoms. The fourth-order valence-corrected chi connectivity index (χ4v) is 2.81. The maximum Gasteiger partial charge on any atom is 0.0723 e. The van der Waals surface area contributed by atoms with Crippen LogP contribution in [-0.2, 0) is 0 Å². The molecule has 0 amide bonds. The Hall–Kier alpha value is -0.0800. The largest absolute Gasteiger partial charge is 0.391 e. The van der Waals surface area contributed by atoms with Crippen LogP contribution < -0.4 is 0 Å². The van der Waals surface area contributed by atoms with E-state index in [-0.39, 0.29) is 11.6 Å². The van der Waals surface area contributed by atoms with Crippen LogP contribution in [0.4, 0.5) is 0 Å². The average molecular weight is 155 g/mol. The molecule has 0 aromatic heterocycles. The molecule has 2 heteroatoms. The molecule has 1 N–H and O–H groups in total. The first-order valence-electron chi connectivity index (χ1n) is 4.65. The van der Waals surface area contributed by atoms with Gasteiger partial charge in [-0.05, 0) is 45.7 Å². The SMILES string of the molecule is CN1CCCC12CCCC2O. The van der Waals surface area contributed by atoms with Gasteiger partial charge >= 0.3 is 0 Å². The Bertz CT molecular complexity index is 140. The zero-order valence-electron chi connectivity index (χ0n) is 7.21. The second-order valence-electron chi connectivity index (χ2n) is 4.04. The van der Waals surface area contributed by atoms with Gasteiger partial charge in [-0.2, -0.15) is 0 Å². The molecule has 0 aromatic rings. The van der Waals surface area contributed by atoms with E-state index in [1.807, 2.05) is 0 Å². The fourth-order valence-electron chi connectivity index (χ4n) is 2.81. The summed E-state index contributed by atoms with van der Waals surface area (Å²) in [5.74, 6) is 0. The van der Waals surface area contributed by atoms with Gasteiger partial charge in [0.25, 0.3) is 0 Å². The van der Waals surface area contributed by atoms with Gasteiger partial charge in [0.05, 0.1) is 6.10 Å². The summed E-state index contributed by atoms with van der Waals surface area (Å²) < 4.78 is 0. The smallest absolute Gasteiger partial charge is 0.0723 e. The van der Waals surface area contributed by atoms with Gasteiger partial charge in [-0.15, -0.1) is 0 Å². The molecule has 1 aliphatic heterocycles. The van der Waals surface area contributed by atoms with E-state index in [0.29, 0.717) is 0 Å². The van der Waals surface area contributed by atoms with E-state index in [9.17, 15) is 5.11 Å². The average Bonchev–Trinajstić information content (AvgIpc) is 2.48. The summed E-state index contributed by atoms with van der Waals surface area (Å²) in [6.07, 6.45) is 5.88. The maximum atomic E-state index is 9.81. The van der Waals surface area contributed by atoms with Crippen LogP contribution in [0.25, 0.3) is 0 Å². The summed E-state index contributed by atoms with van der Waals surface area (Å²) in [6.45, 7) is 1.18. The van der Waals surface area contributed by atoms with Gasteiger partial charge in [0.15, 0.2) is 0 Å². The zero-order valence-corrected chi connectivity index (χ0v) is 7.21. The van der Waals surface area contributed by atoms with Gasteiger partial charge in [0, 0.05) is 5.54 Å². The summed E-state index contributed by atoms with van der Waals surface area (Å²) in [7, 11) is 2.15. The molecule has 1 spiro atoms. The Morgan fingerprint density at radius 3 is 2.55 bits per heavy atom. The van der Waals surface area contributed by atoms with E-state index >= 15 is 0 Å². The highest BCUT2D eigenvalue weighted by atomic mass is 16.3. The van der Waals surface area contributed by atoms with E-state index in [1.165, 1.54) is 32.2 Å². The second kappa shape index (κ2) is 2.46. The van der Waals surface area contributed by atoms with Crippen molar-refractivity contribution in [3.05, 3.63) is 0 Å². The number of likely N-dealkylation sites (tertiary alicyclic amines) is 1. The van der Waals surface area contributed by atoms with Gasteiger partial charge in [0.2, 0.25) is 0 Å². The monoisotopic (exact) mass is 155 g/mol. The Labute approximate surface area is 68.2 Å². The van der Waals surface area contributed by atoms with Crippen molar-refractivity contribution in [2.45, 2.75) is 43.7 Å². The third-order valence-corrected chi connectivity index (χ3v) is 3.57. The zero-order chi connectivity index (χ0) is 7.90. The van der Waals surface area contributed by atoms with Crippen molar-refractivity contribution in [2.24, 2.45) is 0 Å². The van der Waals surface area contributed by atoms with Crippen LogP contribution in [0.1, 0.15) is 32.1 Å². The van der Waals surface area contributed by atoms with Gasteiger partial charge < -0.3 is 5.11 Å². The number of rotatable bonds is 0. The molecule has 2 rings (SSSR count). The van der Waals surface area contributed by atoms with Gasteiger partial charge in [0.1, 0.15) is 0 Å². The molecule has 2 nitrogen and oxygen atoms in total. The van der Waals surface area contributed by atoms with Crippen molar-refractivity contribution >= 4 is 0 Å². The second-order valence-corrected chi connectivity index (χ2v) is 4.04. The molecular weight excluding hydrogens is 138 g/mol. The van der Waals surface area contributed by atoms with Gasteiger partial charge in [-0.1, -0.05) is 0 Å². The number of aliphatic hydroxyl groups excluding tert-OH is 1. The molecule has 0 bridgehead atoms. The molecule has 1 heterocycles. The minimum absolute atomic E-state index is 0.0463. The van der Waals surface area contributed by atoms with Crippen LogP contribution in [0.3, 0.4) is 0 Å². The predicted octanol–water partition coefficient (Wildman–Crippen LogP) is 0.996. The molecule has 64 valence electrons. The van der Waals surface area contributed by atoms with Crippen LogP contribution >= 0.6 is 0 Å². The fraction of sp³-hybridized carbons (Fsp3) is 1.00. The van der Waals surface area contributed by atoms with E-state index in [1.54, 1.807) is 0 Å². The lowest BCUT2D eigenvalue weighted by Gasteiger charge is -2.35. The predicted molar refractivity (Wildman–Crippen MR) is 44.5 cm³/mol. The molecular formula is C9H17NO. The summed E-state index contributed by atoms with van der Waals surface area (Å²) in [4.78, 5) is 2.37. The van der Waals surface area contributed by atoms with Crippen molar-refractivity contribution in [1.29, 1.82) is 0 Å². The Morgan fingerprint density at radius 1 is 1.36 bits per heavy atom. The van der Waals surface area contributed by atoms with Crippen molar-refractivity contribution in [3.8, 4) is 0 Å². The first-order valence-corrected chi connectivity index (χ1v) is 4.65. The minimum Gasteiger partial charge on any atom is -0.391 e. The minimum atomic E-state index is -0.0463. The summed E-state index contributed by atoms with van der Waals surface area (Å²) >= 11 is 0. The number of aliphatic hydroxyl groups is 1. The molecule has 2 fully saturated rings.